The van der Waals surface area contributed by atoms with Gasteiger partial charge in [0.15, 0.2) is 0 Å². The van der Waals surface area contributed by atoms with Gasteiger partial charge in [-0.15, -0.1) is 11.6 Å². The standard InChI is InChI=1S/C4H7ClN2O2S/c5-3-2-10-4(1-6-3)7(8)9/h3-4,6H,1-2H2. The predicted molar refractivity (Wildman–Crippen MR) is 40.9 cm³/mol. The molecule has 0 radical (unpaired) electrons. The van der Waals surface area contributed by atoms with E-state index in [4.69, 9.17) is 11.6 Å². The first kappa shape index (κ1) is 8.10. The number of nitro groups is 1. The first-order chi connectivity index (χ1) is 4.70. The average Bonchev–Trinajstić information content (AvgIpc) is 1.88. The van der Waals surface area contributed by atoms with Crippen LogP contribution in [0.25, 0.3) is 0 Å². The maximum absolute atomic E-state index is 10.2. The molecule has 1 heterocycles. The topological polar surface area (TPSA) is 55.2 Å². The van der Waals surface area contributed by atoms with Gasteiger partial charge in [-0.05, 0) is 0 Å². The Morgan fingerprint density at radius 2 is 2.50 bits per heavy atom. The number of alkyl halides is 1. The Bertz CT molecular complexity index is 137. The van der Waals surface area contributed by atoms with Crippen molar-refractivity contribution in [2.75, 3.05) is 12.3 Å². The molecular formula is C4H7ClN2O2S. The number of halogens is 1. The summed E-state index contributed by atoms with van der Waals surface area (Å²) in [5, 5.41) is 12.5. The Hall–Kier alpha value is -0.000000000000000167. The number of hydrogen-bond donors (Lipinski definition) is 1. The van der Waals surface area contributed by atoms with Gasteiger partial charge in [0.2, 0.25) is 0 Å². The summed E-state index contributed by atoms with van der Waals surface area (Å²) in [6, 6.07) is 0. The van der Waals surface area contributed by atoms with Crippen molar-refractivity contribution in [1.82, 2.24) is 5.32 Å². The Morgan fingerprint density at radius 1 is 1.80 bits per heavy atom. The highest BCUT2D eigenvalue weighted by atomic mass is 35.5. The zero-order chi connectivity index (χ0) is 7.56. The molecule has 6 heteroatoms. The third-order valence-electron chi connectivity index (χ3n) is 1.18. The van der Waals surface area contributed by atoms with Crippen molar-refractivity contribution in [1.29, 1.82) is 0 Å². The molecule has 2 atom stereocenters. The average molecular weight is 183 g/mol. The van der Waals surface area contributed by atoms with Gasteiger partial charge in [-0.3, -0.25) is 15.4 Å². The molecule has 1 rings (SSSR count). The van der Waals surface area contributed by atoms with E-state index in [1.807, 2.05) is 0 Å². The first-order valence-corrected chi connectivity index (χ1v) is 4.31. The minimum absolute atomic E-state index is 0.110. The normalized spacial score (nSPS) is 33.7. The van der Waals surface area contributed by atoms with Gasteiger partial charge in [0, 0.05) is 10.7 Å². The second-order valence-corrected chi connectivity index (χ2v) is 3.69. The number of hydrogen-bond acceptors (Lipinski definition) is 4. The maximum Gasteiger partial charge on any atom is 0.270 e. The molecule has 58 valence electrons. The van der Waals surface area contributed by atoms with Gasteiger partial charge in [0.25, 0.3) is 5.37 Å². The predicted octanol–water partition coefficient (Wildman–Crippen LogP) is 0.490. The van der Waals surface area contributed by atoms with Crippen molar-refractivity contribution in [2.24, 2.45) is 0 Å². The molecule has 1 aliphatic rings. The van der Waals surface area contributed by atoms with Gasteiger partial charge < -0.3 is 0 Å². The monoisotopic (exact) mass is 182 g/mol. The van der Waals surface area contributed by atoms with Crippen molar-refractivity contribution in [3.8, 4) is 0 Å². The van der Waals surface area contributed by atoms with Crippen LogP contribution in [0.3, 0.4) is 0 Å². The second-order valence-electron chi connectivity index (χ2n) is 1.95. The van der Waals surface area contributed by atoms with Crippen molar-refractivity contribution >= 4 is 23.4 Å². The van der Waals surface area contributed by atoms with Gasteiger partial charge in [-0.1, -0.05) is 11.8 Å². The van der Waals surface area contributed by atoms with E-state index in [0.29, 0.717) is 12.3 Å². The molecule has 0 saturated carbocycles. The van der Waals surface area contributed by atoms with Crippen molar-refractivity contribution in [3.05, 3.63) is 10.1 Å². The fraction of sp³-hybridized carbons (Fsp3) is 1.00. The quantitative estimate of drug-likeness (QED) is 0.278. The van der Waals surface area contributed by atoms with Crippen LogP contribution in [0.4, 0.5) is 0 Å². The first-order valence-electron chi connectivity index (χ1n) is 2.82. The summed E-state index contributed by atoms with van der Waals surface area (Å²) in [5.41, 5.74) is -0.110. The van der Waals surface area contributed by atoms with Crippen molar-refractivity contribution < 1.29 is 4.92 Å². The molecule has 0 aliphatic carbocycles. The lowest BCUT2D eigenvalue weighted by atomic mass is 10.6. The fourth-order valence-corrected chi connectivity index (χ4v) is 1.83. The number of rotatable bonds is 1. The lowest BCUT2D eigenvalue weighted by molar-refractivity contribution is -0.493. The van der Waals surface area contributed by atoms with E-state index in [0.717, 1.165) is 0 Å². The molecule has 0 aromatic rings. The van der Waals surface area contributed by atoms with E-state index in [-0.39, 0.29) is 10.4 Å². The zero-order valence-corrected chi connectivity index (χ0v) is 6.69. The van der Waals surface area contributed by atoms with E-state index < -0.39 is 5.37 Å². The summed E-state index contributed by atoms with van der Waals surface area (Å²) >= 11 is 6.92. The van der Waals surface area contributed by atoms with Gasteiger partial charge >= 0.3 is 0 Å². The minimum Gasteiger partial charge on any atom is -0.293 e. The van der Waals surface area contributed by atoms with E-state index in [1.165, 1.54) is 11.8 Å². The summed E-state index contributed by atoms with van der Waals surface area (Å²) in [7, 11) is 0. The van der Waals surface area contributed by atoms with Crippen LogP contribution in [0.2, 0.25) is 0 Å². The molecule has 1 fully saturated rings. The summed E-state index contributed by atoms with van der Waals surface area (Å²) in [6.07, 6.45) is 0. The summed E-state index contributed by atoms with van der Waals surface area (Å²) in [4.78, 5) is 9.87. The van der Waals surface area contributed by atoms with E-state index >= 15 is 0 Å². The SMILES string of the molecule is O=[N+]([O-])C1CNC(Cl)CS1. The van der Waals surface area contributed by atoms with E-state index in [9.17, 15) is 10.1 Å². The number of nitrogens with zero attached hydrogens (tertiary/aromatic N) is 1. The van der Waals surface area contributed by atoms with Gasteiger partial charge in [0.1, 0.15) is 0 Å². The highest BCUT2D eigenvalue weighted by molar-refractivity contribution is 7.99. The molecule has 4 nitrogen and oxygen atoms in total. The van der Waals surface area contributed by atoms with Gasteiger partial charge in [-0.2, -0.15) is 0 Å². The van der Waals surface area contributed by atoms with Crippen LogP contribution in [0, 0.1) is 10.1 Å². The Labute approximate surface area is 67.5 Å². The largest absolute Gasteiger partial charge is 0.293 e. The lowest BCUT2D eigenvalue weighted by Crippen LogP contribution is -2.41. The van der Waals surface area contributed by atoms with Crippen LogP contribution in [-0.4, -0.2) is 28.1 Å². The molecule has 0 bridgehead atoms. The highest BCUT2D eigenvalue weighted by Gasteiger charge is 2.27. The summed E-state index contributed by atoms with van der Waals surface area (Å²) in [6.45, 7) is 0.367. The Kier molecular flexibility index (Phi) is 2.76. The van der Waals surface area contributed by atoms with Gasteiger partial charge in [-0.25, -0.2) is 0 Å². The summed E-state index contributed by atoms with van der Waals surface area (Å²) < 4.78 is 0. The van der Waals surface area contributed by atoms with Gasteiger partial charge in [0.05, 0.1) is 12.0 Å². The summed E-state index contributed by atoms with van der Waals surface area (Å²) in [5.74, 6) is 0.604. The van der Waals surface area contributed by atoms with Crippen LogP contribution in [0.5, 0.6) is 0 Å². The van der Waals surface area contributed by atoms with Crippen LogP contribution in [0.1, 0.15) is 0 Å². The lowest BCUT2D eigenvalue weighted by Gasteiger charge is -2.19. The molecule has 1 saturated heterocycles. The second kappa shape index (κ2) is 3.41. The smallest absolute Gasteiger partial charge is 0.270 e. The highest BCUT2D eigenvalue weighted by Crippen LogP contribution is 2.18. The molecular weight excluding hydrogens is 176 g/mol. The molecule has 1 aliphatic heterocycles. The third kappa shape index (κ3) is 2.00. The number of thioether (sulfide) groups is 1. The minimum atomic E-state index is -0.519. The Balaban J connectivity index is 2.33. The molecule has 1 N–H and O–H groups in total. The van der Waals surface area contributed by atoms with E-state index in [2.05, 4.69) is 5.32 Å². The van der Waals surface area contributed by atoms with Crippen LogP contribution in [0.15, 0.2) is 0 Å². The van der Waals surface area contributed by atoms with Crippen molar-refractivity contribution in [3.63, 3.8) is 0 Å². The van der Waals surface area contributed by atoms with Crippen LogP contribution in [-0.2, 0) is 0 Å². The number of nitrogens with one attached hydrogen (secondary N) is 1. The molecule has 0 aromatic carbocycles. The Morgan fingerprint density at radius 3 is 2.90 bits per heavy atom. The third-order valence-corrected chi connectivity index (χ3v) is 2.92. The maximum atomic E-state index is 10.2. The molecule has 2 unspecified atom stereocenters. The van der Waals surface area contributed by atoms with Crippen molar-refractivity contribution in [2.45, 2.75) is 10.9 Å². The fourth-order valence-electron chi connectivity index (χ4n) is 0.677. The van der Waals surface area contributed by atoms with Crippen LogP contribution < -0.4 is 5.32 Å². The molecule has 0 aromatic heterocycles. The van der Waals surface area contributed by atoms with E-state index in [1.54, 1.807) is 0 Å². The zero-order valence-electron chi connectivity index (χ0n) is 5.12. The van der Waals surface area contributed by atoms with Crippen LogP contribution >= 0.6 is 23.4 Å². The molecule has 0 amide bonds. The molecule has 10 heavy (non-hydrogen) atoms. The molecule has 0 spiro atoms.